The van der Waals surface area contributed by atoms with Gasteiger partial charge in [-0.15, -0.1) is 0 Å². The van der Waals surface area contributed by atoms with Crippen LogP contribution in [0.2, 0.25) is 0 Å². The Morgan fingerprint density at radius 1 is 1.36 bits per heavy atom. The first kappa shape index (κ1) is 8.63. The quantitative estimate of drug-likeness (QED) is 0.550. The van der Waals surface area contributed by atoms with Gasteiger partial charge in [-0.25, -0.2) is 0 Å². The Hall–Kier alpha value is -0.460. The highest BCUT2D eigenvalue weighted by Crippen LogP contribution is 2.23. The number of ether oxygens (including phenoxy) is 1. The first-order chi connectivity index (χ1) is 5.43. The zero-order valence-electron chi connectivity index (χ0n) is 7.31. The predicted molar refractivity (Wildman–Crippen MR) is 46.8 cm³/mol. The van der Waals surface area contributed by atoms with E-state index in [4.69, 9.17) is 4.74 Å². The molecule has 0 N–H and O–H groups in total. The lowest BCUT2D eigenvalue weighted by atomic mass is 10.1. The van der Waals surface area contributed by atoms with Crippen molar-refractivity contribution in [2.24, 2.45) is 0 Å². The van der Waals surface area contributed by atoms with Gasteiger partial charge in [-0.1, -0.05) is 26.2 Å². The summed E-state index contributed by atoms with van der Waals surface area (Å²) < 4.78 is 5.27. The van der Waals surface area contributed by atoms with Crippen molar-refractivity contribution in [1.29, 1.82) is 0 Å². The summed E-state index contributed by atoms with van der Waals surface area (Å²) in [5, 5.41) is 0. The van der Waals surface area contributed by atoms with Crippen LogP contribution < -0.4 is 0 Å². The van der Waals surface area contributed by atoms with Crippen molar-refractivity contribution in [2.75, 3.05) is 0 Å². The van der Waals surface area contributed by atoms with Crippen LogP contribution >= 0.6 is 0 Å². The fourth-order valence-corrected chi connectivity index (χ4v) is 1.28. The molecule has 0 amide bonds. The molecule has 1 rings (SSSR count). The van der Waals surface area contributed by atoms with Crippen molar-refractivity contribution in [3.63, 3.8) is 0 Å². The Morgan fingerprint density at radius 2 is 2.27 bits per heavy atom. The molecule has 0 aromatic heterocycles. The van der Waals surface area contributed by atoms with Gasteiger partial charge in [-0.3, -0.25) is 0 Å². The average Bonchev–Trinajstić information content (AvgIpc) is 2.50. The Labute approximate surface area is 69.4 Å². The van der Waals surface area contributed by atoms with Gasteiger partial charge >= 0.3 is 0 Å². The lowest BCUT2D eigenvalue weighted by molar-refractivity contribution is 0.259. The Bertz CT molecular complexity index is 110. The van der Waals surface area contributed by atoms with E-state index in [0.717, 1.165) is 12.8 Å². The summed E-state index contributed by atoms with van der Waals surface area (Å²) in [6.45, 7) is 2.24. The summed E-state index contributed by atoms with van der Waals surface area (Å²) >= 11 is 0. The number of rotatable bonds is 5. The highest BCUT2D eigenvalue weighted by atomic mass is 16.5. The van der Waals surface area contributed by atoms with Gasteiger partial charge in [0, 0.05) is 6.42 Å². The first-order valence-corrected chi connectivity index (χ1v) is 4.60. The van der Waals surface area contributed by atoms with Crippen molar-refractivity contribution < 1.29 is 4.74 Å². The molecule has 1 heterocycles. The van der Waals surface area contributed by atoms with Crippen LogP contribution in [0.25, 0.3) is 0 Å². The molecule has 1 radical (unpaired) electrons. The first-order valence-electron chi connectivity index (χ1n) is 4.60. The molecule has 0 atom stereocenters. The van der Waals surface area contributed by atoms with Gasteiger partial charge in [0.05, 0.1) is 6.26 Å². The van der Waals surface area contributed by atoms with E-state index in [0.29, 0.717) is 0 Å². The van der Waals surface area contributed by atoms with E-state index in [9.17, 15) is 0 Å². The molecule has 0 fully saturated rings. The topological polar surface area (TPSA) is 9.23 Å². The van der Waals surface area contributed by atoms with E-state index in [1.807, 2.05) is 0 Å². The van der Waals surface area contributed by atoms with Gasteiger partial charge in [-0.2, -0.15) is 0 Å². The molecule has 0 aromatic carbocycles. The van der Waals surface area contributed by atoms with E-state index in [1.54, 1.807) is 6.26 Å². The lowest BCUT2D eigenvalue weighted by Crippen LogP contribution is -1.93. The van der Waals surface area contributed by atoms with E-state index in [1.165, 1.54) is 31.8 Å². The van der Waals surface area contributed by atoms with Gasteiger partial charge < -0.3 is 4.74 Å². The second kappa shape index (κ2) is 5.22. The van der Waals surface area contributed by atoms with Gasteiger partial charge in [-0.05, 0) is 18.9 Å². The Morgan fingerprint density at radius 3 is 2.91 bits per heavy atom. The Kier molecular flexibility index (Phi) is 4.10. The molecule has 1 heteroatoms. The summed E-state index contributed by atoms with van der Waals surface area (Å²) in [6, 6.07) is 0. The lowest BCUT2D eigenvalue weighted by Gasteiger charge is -2.06. The molecule has 0 aromatic rings. The minimum Gasteiger partial charge on any atom is -0.491 e. The third kappa shape index (κ3) is 3.45. The summed E-state index contributed by atoms with van der Waals surface area (Å²) in [7, 11) is 0. The van der Waals surface area contributed by atoms with E-state index >= 15 is 0 Å². The molecule has 11 heavy (non-hydrogen) atoms. The summed E-state index contributed by atoms with van der Waals surface area (Å²) in [4.78, 5) is 0. The average molecular weight is 153 g/mol. The highest BCUT2D eigenvalue weighted by molar-refractivity contribution is 4.97. The van der Waals surface area contributed by atoms with Crippen molar-refractivity contribution in [1.82, 2.24) is 0 Å². The van der Waals surface area contributed by atoms with Crippen LogP contribution in [0.15, 0.2) is 12.3 Å². The van der Waals surface area contributed by atoms with Crippen molar-refractivity contribution in [3.8, 4) is 0 Å². The van der Waals surface area contributed by atoms with Crippen molar-refractivity contribution in [3.05, 3.63) is 18.4 Å². The van der Waals surface area contributed by atoms with Crippen LogP contribution in [0.1, 0.15) is 45.4 Å². The molecule has 1 nitrogen and oxygen atoms in total. The Balaban J connectivity index is 1.87. The third-order valence-electron chi connectivity index (χ3n) is 1.99. The molecule has 1 aliphatic rings. The largest absolute Gasteiger partial charge is 0.491 e. The molecule has 63 valence electrons. The van der Waals surface area contributed by atoms with Gasteiger partial charge in [0.1, 0.15) is 0 Å². The fraction of sp³-hybridized carbons (Fsp3) is 0.700. The maximum absolute atomic E-state index is 5.27. The maximum atomic E-state index is 5.27. The maximum Gasteiger partial charge on any atom is 0.151 e. The number of unbranched alkanes of at least 4 members (excludes halogenated alkanes) is 3. The highest BCUT2D eigenvalue weighted by Gasteiger charge is 2.11. The minimum absolute atomic E-state index is 1.05. The van der Waals surface area contributed by atoms with E-state index in [2.05, 4.69) is 13.0 Å². The van der Waals surface area contributed by atoms with Gasteiger partial charge in [0.25, 0.3) is 0 Å². The minimum atomic E-state index is 1.05. The van der Waals surface area contributed by atoms with E-state index < -0.39 is 0 Å². The molecule has 1 aliphatic heterocycles. The molecule has 0 aliphatic carbocycles. The van der Waals surface area contributed by atoms with Crippen LogP contribution in [-0.2, 0) is 4.74 Å². The monoisotopic (exact) mass is 153 g/mol. The number of hydrogen-bond donors (Lipinski definition) is 0. The summed E-state index contributed by atoms with van der Waals surface area (Å²) in [5.74, 6) is 0. The van der Waals surface area contributed by atoms with Crippen LogP contribution in [0.3, 0.4) is 0 Å². The van der Waals surface area contributed by atoms with Crippen LogP contribution in [0.5, 0.6) is 0 Å². The summed E-state index contributed by atoms with van der Waals surface area (Å²) in [5.41, 5.74) is 0. The zero-order chi connectivity index (χ0) is 7.94. The summed E-state index contributed by atoms with van der Waals surface area (Å²) in [6.07, 6.45) is 12.7. The van der Waals surface area contributed by atoms with Crippen LogP contribution in [0, 0.1) is 6.10 Å². The van der Waals surface area contributed by atoms with Crippen molar-refractivity contribution >= 4 is 0 Å². The smallest absolute Gasteiger partial charge is 0.151 e. The molecular formula is C10H17O. The normalized spacial score (nSPS) is 17.2. The van der Waals surface area contributed by atoms with Crippen molar-refractivity contribution in [2.45, 2.75) is 45.4 Å². The molecular weight excluding hydrogens is 136 g/mol. The van der Waals surface area contributed by atoms with Crippen LogP contribution in [0.4, 0.5) is 0 Å². The van der Waals surface area contributed by atoms with Gasteiger partial charge in [0.2, 0.25) is 0 Å². The standard InChI is InChI=1S/C10H17O/c1-2-3-4-5-7-10-8-6-9-11-10/h6,9H,2-5,7-8H2,1H3. The zero-order valence-corrected chi connectivity index (χ0v) is 7.31. The molecule has 0 spiro atoms. The second-order valence-corrected chi connectivity index (χ2v) is 3.04. The molecule has 0 saturated carbocycles. The van der Waals surface area contributed by atoms with Gasteiger partial charge in [0.15, 0.2) is 6.10 Å². The SMILES string of the molecule is CCCCCC[C]1CC=CO1. The fourth-order valence-electron chi connectivity index (χ4n) is 1.28. The molecule has 0 unspecified atom stereocenters. The van der Waals surface area contributed by atoms with Crippen LogP contribution in [-0.4, -0.2) is 0 Å². The van der Waals surface area contributed by atoms with E-state index in [-0.39, 0.29) is 0 Å². The third-order valence-corrected chi connectivity index (χ3v) is 1.99. The second-order valence-electron chi connectivity index (χ2n) is 3.04. The predicted octanol–water partition coefficient (Wildman–Crippen LogP) is 3.42. The molecule has 0 bridgehead atoms. The number of hydrogen-bond acceptors (Lipinski definition) is 1. The molecule has 0 saturated heterocycles.